The molecule has 6 heteroatoms. The van der Waals surface area contributed by atoms with Crippen LogP contribution in [0.5, 0.6) is 11.5 Å². The molecule has 31 heavy (non-hydrogen) atoms. The number of nitrogens with zero attached hydrogens (tertiary/aromatic N) is 1. The Morgan fingerprint density at radius 2 is 1.48 bits per heavy atom. The van der Waals surface area contributed by atoms with Crippen LogP contribution >= 0.6 is 0 Å². The second kappa shape index (κ2) is 8.75. The van der Waals surface area contributed by atoms with Crippen LogP contribution in [0.15, 0.2) is 82.2 Å². The molecule has 0 saturated heterocycles. The van der Waals surface area contributed by atoms with Crippen LogP contribution in [0.25, 0.3) is 22.3 Å². The maximum absolute atomic E-state index is 11.7. The summed E-state index contributed by atoms with van der Waals surface area (Å²) in [6, 6.07) is 22.0. The molecule has 0 spiro atoms. The van der Waals surface area contributed by atoms with Crippen LogP contribution in [0.4, 0.5) is 5.69 Å². The van der Waals surface area contributed by atoms with E-state index < -0.39 is 0 Å². The zero-order valence-corrected chi connectivity index (χ0v) is 17.4. The first kappa shape index (κ1) is 20.2. The molecule has 0 bridgehead atoms. The largest absolute Gasteiger partial charge is 0.497 e. The molecule has 0 atom stereocenters. The van der Waals surface area contributed by atoms with Gasteiger partial charge in [0.2, 0.25) is 0 Å². The lowest BCUT2D eigenvalue weighted by atomic mass is 10.1. The summed E-state index contributed by atoms with van der Waals surface area (Å²) in [6.07, 6.45) is 0. The smallest absolute Gasteiger partial charge is 0.337 e. The van der Waals surface area contributed by atoms with Gasteiger partial charge in [-0.25, -0.2) is 9.79 Å². The normalized spacial score (nSPS) is 11.4. The van der Waals surface area contributed by atoms with Crippen molar-refractivity contribution in [1.29, 1.82) is 0 Å². The summed E-state index contributed by atoms with van der Waals surface area (Å²) in [7, 11) is 4.60. The van der Waals surface area contributed by atoms with Crippen molar-refractivity contribution >= 4 is 22.6 Å². The molecule has 1 aromatic heterocycles. The molecule has 0 fully saturated rings. The highest BCUT2D eigenvalue weighted by Crippen LogP contribution is 2.26. The molecule has 1 heterocycles. The molecule has 156 valence electrons. The topological polar surface area (TPSA) is 70.3 Å². The van der Waals surface area contributed by atoms with Crippen LogP contribution in [0.2, 0.25) is 0 Å². The lowest BCUT2D eigenvalue weighted by molar-refractivity contribution is 0.0601. The van der Waals surface area contributed by atoms with Crippen molar-refractivity contribution in [1.82, 2.24) is 0 Å². The molecule has 0 N–H and O–H groups in total. The molecule has 0 aliphatic heterocycles. The highest BCUT2D eigenvalue weighted by molar-refractivity contribution is 5.89. The predicted octanol–water partition coefficient (Wildman–Crippen LogP) is 5.14. The van der Waals surface area contributed by atoms with Gasteiger partial charge in [0.1, 0.15) is 22.8 Å². The van der Waals surface area contributed by atoms with Crippen molar-refractivity contribution in [3.63, 3.8) is 0 Å². The van der Waals surface area contributed by atoms with Crippen LogP contribution in [0.1, 0.15) is 10.4 Å². The van der Waals surface area contributed by atoms with Crippen LogP contribution in [0.3, 0.4) is 0 Å². The van der Waals surface area contributed by atoms with Gasteiger partial charge in [-0.15, -0.1) is 0 Å². The predicted molar refractivity (Wildman–Crippen MR) is 118 cm³/mol. The Bertz CT molecular complexity index is 1290. The van der Waals surface area contributed by atoms with Crippen LogP contribution in [-0.4, -0.2) is 27.3 Å². The van der Waals surface area contributed by atoms with E-state index in [2.05, 4.69) is 0 Å². The van der Waals surface area contributed by atoms with E-state index in [0.717, 1.165) is 22.1 Å². The minimum absolute atomic E-state index is 0.387. The van der Waals surface area contributed by atoms with Gasteiger partial charge in [0.25, 0.3) is 0 Å². The lowest BCUT2D eigenvalue weighted by Crippen LogP contribution is -2.04. The quantitative estimate of drug-likeness (QED) is 0.422. The molecule has 4 rings (SSSR count). The molecule has 0 saturated carbocycles. The fraction of sp³-hybridized carbons (Fsp3) is 0.120. The highest BCUT2D eigenvalue weighted by Gasteiger charge is 2.09. The molecule has 0 aliphatic rings. The third-order valence-electron chi connectivity index (χ3n) is 4.86. The standard InChI is InChI=1S/C25H21NO5/c1-28-19-10-6-16(7-11-19)24-15-22(21-14-20(29-2)12-13-23(21)31-24)26-18-8-4-17(5-9-18)25(27)30-3/h4-15H,1-3H3. The number of benzene rings is 3. The molecule has 0 aliphatic carbocycles. The monoisotopic (exact) mass is 415 g/mol. The Morgan fingerprint density at radius 1 is 0.806 bits per heavy atom. The lowest BCUT2D eigenvalue weighted by Gasteiger charge is -2.08. The van der Waals surface area contributed by atoms with Gasteiger partial charge in [-0.3, -0.25) is 0 Å². The van der Waals surface area contributed by atoms with Crippen molar-refractivity contribution in [2.24, 2.45) is 4.99 Å². The molecule has 4 aromatic rings. The second-order valence-corrected chi connectivity index (χ2v) is 6.74. The zero-order chi connectivity index (χ0) is 21.8. The van der Waals surface area contributed by atoms with Crippen molar-refractivity contribution < 1.29 is 23.4 Å². The number of hydrogen-bond donors (Lipinski definition) is 0. The Labute approximate surface area is 179 Å². The first-order valence-electron chi connectivity index (χ1n) is 9.60. The van der Waals surface area contributed by atoms with Gasteiger partial charge in [0, 0.05) is 17.0 Å². The molecular weight excluding hydrogens is 394 g/mol. The van der Waals surface area contributed by atoms with Gasteiger partial charge < -0.3 is 18.6 Å². The number of carbonyl (C=O) groups is 1. The number of hydrogen-bond acceptors (Lipinski definition) is 6. The van der Waals surface area contributed by atoms with E-state index in [-0.39, 0.29) is 5.97 Å². The number of esters is 1. The van der Waals surface area contributed by atoms with E-state index >= 15 is 0 Å². The molecule has 3 aromatic carbocycles. The first-order valence-corrected chi connectivity index (χ1v) is 9.60. The Morgan fingerprint density at radius 3 is 2.13 bits per heavy atom. The minimum atomic E-state index is -0.387. The summed E-state index contributed by atoms with van der Waals surface area (Å²) in [5.74, 6) is 1.76. The van der Waals surface area contributed by atoms with E-state index in [0.29, 0.717) is 28.3 Å². The first-order chi connectivity index (χ1) is 15.1. The van der Waals surface area contributed by atoms with Crippen LogP contribution in [-0.2, 0) is 4.74 Å². The van der Waals surface area contributed by atoms with Gasteiger partial charge in [0.15, 0.2) is 0 Å². The van der Waals surface area contributed by atoms with E-state index in [1.54, 1.807) is 38.5 Å². The summed E-state index contributed by atoms with van der Waals surface area (Å²) < 4.78 is 21.5. The number of ether oxygens (including phenoxy) is 3. The zero-order valence-electron chi connectivity index (χ0n) is 17.4. The molecule has 6 nitrogen and oxygen atoms in total. The third-order valence-corrected chi connectivity index (χ3v) is 4.86. The maximum atomic E-state index is 11.7. The fourth-order valence-electron chi connectivity index (χ4n) is 3.19. The summed E-state index contributed by atoms with van der Waals surface area (Å²) in [6.45, 7) is 0. The summed E-state index contributed by atoms with van der Waals surface area (Å²) in [5, 5.41) is 1.53. The molecule has 0 unspecified atom stereocenters. The van der Waals surface area contributed by atoms with E-state index in [1.165, 1.54) is 7.11 Å². The van der Waals surface area contributed by atoms with Gasteiger partial charge >= 0.3 is 5.97 Å². The fourth-order valence-corrected chi connectivity index (χ4v) is 3.19. The van der Waals surface area contributed by atoms with Crippen molar-refractivity contribution in [2.75, 3.05) is 21.3 Å². The summed E-state index contributed by atoms with van der Waals surface area (Å²) in [5.41, 5.74) is 2.74. The molecule has 0 amide bonds. The average molecular weight is 415 g/mol. The number of fused-ring (bicyclic) bond motifs is 1. The van der Waals surface area contributed by atoms with Crippen molar-refractivity contribution in [3.8, 4) is 22.8 Å². The van der Waals surface area contributed by atoms with E-state index in [9.17, 15) is 4.79 Å². The Hall–Kier alpha value is -4.06. The van der Waals surface area contributed by atoms with E-state index in [4.69, 9.17) is 23.6 Å². The number of methoxy groups -OCH3 is 3. The Kier molecular flexibility index (Phi) is 5.71. The van der Waals surface area contributed by atoms with Crippen molar-refractivity contribution in [2.45, 2.75) is 0 Å². The maximum Gasteiger partial charge on any atom is 0.337 e. The number of carbonyl (C=O) groups excluding carboxylic acids is 1. The van der Waals surface area contributed by atoms with Crippen LogP contribution in [0, 0.1) is 0 Å². The molecular formula is C25H21NO5. The van der Waals surface area contributed by atoms with Gasteiger partial charge in [0.05, 0.1) is 37.9 Å². The molecule has 0 radical (unpaired) electrons. The van der Waals surface area contributed by atoms with Crippen LogP contribution < -0.4 is 14.8 Å². The van der Waals surface area contributed by atoms with Gasteiger partial charge in [-0.2, -0.15) is 0 Å². The van der Waals surface area contributed by atoms with Gasteiger partial charge in [-0.05, 0) is 66.7 Å². The van der Waals surface area contributed by atoms with Gasteiger partial charge in [-0.1, -0.05) is 0 Å². The average Bonchev–Trinajstić information content (AvgIpc) is 2.83. The summed E-state index contributed by atoms with van der Waals surface area (Å²) >= 11 is 0. The van der Waals surface area contributed by atoms with E-state index in [1.807, 2.05) is 48.5 Å². The Balaban J connectivity index is 1.88. The number of rotatable bonds is 5. The second-order valence-electron chi connectivity index (χ2n) is 6.74. The third kappa shape index (κ3) is 4.28. The SMILES string of the molecule is COC(=O)c1ccc(N=c2cc(-c3ccc(OC)cc3)oc3ccc(OC)cc23)cc1. The minimum Gasteiger partial charge on any atom is -0.497 e. The summed E-state index contributed by atoms with van der Waals surface area (Å²) in [4.78, 5) is 16.5. The highest BCUT2D eigenvalue weighted by atomic mass is 16.5. The van der Waals surface area contributed by atoms with Crippen molar-refractivity contribution in [3.05, 3.63) is 83.7 Å².